The molecule has 0 bridgehead atoms. The van der Waals surface area contributed by atoms with Crippen molar-refractivity contribution in [2.45, 2.75) is 13.0 Å². The molecule has 3 amide bonds. The molecule has 3 rings (SSSR count). The van der Waals surface area contributed by atoms with Gasteiger partial charge in [-0.3, -0.25) is 19.6 Å². The van der Waals surface area contributed by atoms with Gasteiger partial charge in [-0.15, -0.1) is 0 Å². The number of likely N-dealkylation sites (N-methyl/N-ethyl adjacent to an activating group) is 2. The maximum Gasteiger partial charge on any atom is 0.275 e. The Morgan fingerprint density at radius 2 is 1.60 bits per heavy atom. The van der Waals surface area contributed by atoms with Crippen molar-refractivity contribution in [1.29, 1.82) is 0 Å². The highest BCUT2D eigenvalue weighted by molar-refractivity contribution is 6.08. The Morgan fingerprint density at radius 1 is 0.933 bits per heavy atom. The molecule has 0 aliphatic carbocycles. The Labute approximate surface area is 174 Å². The topological polar surface area (TPSA) is 98.7 Å². The van der Waals surface area contributed by atoms with Gasteiger partial charge in [-0.05, 0) is 52.6 Å². The quantitative estimate of drug-likeness (QED) is 0.345. The summed E-state index contributed by atoms with van der Waals surface area (Å²) in [6, 6.07) is 17.8. The Kier molecular flexibility index (Phi) is 6.13. The van der Waals surface area contributed by atoms with Crippen LogP contribution in [-0.2, 0) is 9.59 Å². The van der Waals surface area contributed by atoms with Crippen molar-refractivity contribution < 1.29 is 19.6 Å². The molecular weight excluding hydrogens is 382 g/mol. The lowest BCUT2D eigenvalue weighted by Crippen LogP contribution is -2.54. The SMILES string of the molecule is CNC(=O)C(C(=O)NO)N(C)C(=O)c1ccc(-c2ccc3c(C)cccc3c2)cc1. The predicted molar refractivity (Wildman–Crippen MR) is 114 cm³/mol. The molecule has 0 saturated heterocycles. The third-order valence-electron chi connectivity index (χ3n) is 5.12. The lowest BCUT2D eigenvalue weighted by atomic mass is 9.98. The predicted octanol–water partition coefficient (Wildman–Crippen LogP) is 2.51. The van der Waals surface area contributed by atoms with Crippen LogP contribution < -0.4 is 10.8 Å². The van der Waals surface area contributed by atoms with Gasteiger partial charge in [0.1, 0.15) is 0 Å². The third kappa shape index (κ3) is 4.01. The molecule has 0 fully saturated rings. The average Bonchev–Trinajstić information content (AvgIpc) is 2.78. The Morgan fingerprint density at radius 3 is 2.23 bits per heavy atom. The fourth-order valence-electron chi connectivity index (χ4n) is 3.42. The van der Waals surface area contributed by atoms with Crippen molar-refractivity contribution >= 4 is 28.5 Å². The number of hydrogen-bond acceptors (Lipinski definition) is 4. The fourth-order valence-corrected chi connectivity index (χ4v) is 3.42. The van der Waals surface area contributed by atoms with Crippen molar-refractivity contribution in [1.82, 2.24) is 15.7 Å². The maximum atomic E-state index is 12.8. The van der Waals surface area contributed by atoms with Gasteiger partial charge in [0.2, 0.25) is 0 Å². The molecule has 3 aromatic carbocycles. The van der Waals surface area contributed by atoms with Gasteiger partial charge in [0.15, 0.2) is 6.04 Å². The number of fused-ring (bicyclic) bond motifs is 1. The highest BCUT2D eigenvalue weighted by Crippen LogP contribution is 2.26. The lowest BCUT2D eigenvalue weighted by molar-refractivity contribution is -0.140. The third-order valence-corrected chi connectivity index (χ3v) is 5.12. The van der Waals surface area contributed by atoms with E-state index in [2.05, 4.69) is 36.5 Å². The molecule has 0 radical (unpaired) electrons. The van der Waals surface area contributed by atoms with Gasteiger partial charge in [0.05, 0.1) is 0 Å². The Hall–Kier alpha value is -3.71. The van der Waals surface area contributed by atoms with Crippen LogP contribution in [0.5, 0.6) is 0 Å². The summed E-state index contributed by atoms with van der Waals surface area (Å²) < 4.78 is 0. The molecule has 0 heterocycles. The maximum absolute atomic E-state index is 12.8. The van der Waals surface area contributed by atoms with Crippen LogP contribution in [0.4, 0.5) is 0 Å². The highest BCUT2D eigenvalue weighted by atomic mass is 16.5. The van der Waals surface area contributed by atoms with Gasteiger partial charge in [0.25, 0.3) is 17.7 Å². The van der Waals surface area contributed by atoms with E-state index in [4.69, 9.17) is 5.21 Å². The minimum absolute atomic E-state index is 0.317. The highest BCUT2D eigenvalue weighted by Gasteiger charge is 2.33. The Balaban J connectivity index is 1.86. The molecule has 154 valence electrons. The summed E-state index contributed by atoms with van der Waals surface area (Å²) in [7, 11) is 2.68. The Bertz CT molecular complexity index is 1090. The zero-order valence-electron chi connectivity index (χ0n) is 17.0. The molecule has 0 aliphatic rings. The van der Waals surface area contributed by atoms with E-state index in [-0.39, 0.29) is 0 Å². The van der Waals surface area contributed by atoms with Crippen LogP contribution in [0, 0.1) is 6.92 Å². The fraction of sp³-hybridized carbons (Fsp3) is 0.174. The summed E-state index contributed by atoms with van der Waals surface area (Å²) in [4.78, 5) is 37.6. The minimum Gasteiger partial charge on any atom is -0.357 e. The van der Waals surface area contributed by atoms with Crippen LogP contribution in [0.2, 0.25) is 0 Å². The van der Waals surface area contributed by atoms with E-state index in [1.165, 1.54) is 30.5 Å². The molecule has 7 heteroatoms. The molecule has 0 aliphatic heterocycles. The number of hydrogen-bond donors (Lipinski definition) is 3. The first-order valence-corrected chi connectivity index (χ1v) is 9.40. The number of carbonyl (C=O) groups excluding carboxylic acids is 3. The monoisotopic (exact) mass is 405 g/mol. The summed E-state index contributed by atoms with van der Waals surface area (Å²) >= 11 is 0. The normalized spacial score (nSPS) is 11.6. The largest absolute Gasteiger partial charge is 0.357 e. The van der Waals surface area contributed by atoms with Crippen molar-refractivity contribution in [3.05, 3.63) is 71.8 Å². The zero-order chi connectivity index (χ0) is 21.8. The summed E-state index contributed by atoms with van der Waals surface area (Å²) in [5, 5.41) is 13.5. The van der Waals surface area contributed by atoms with Crippen LogP contribution in [-0.4, -0.2) is 48.0 Å². The summed E-state index contributed by atoms with van der Waals surface area (Å²) in [6.07, 6.45) is 0. The first kappa shape index (κ1) is 21.0. The lowest BCUT2D eigenvalue weighted by Gasteiger charge is -2.25. The van der Waals surface area contributed by atoms with E-state index >= 15 is 0 Å². The van der Waals surface area contributed by atoms with Crippen molar-refractivity contribution in [3.8, 4) is 11.1 Å². The second-order valence-electron chi connectivity index (χ2n) is 7.00. The first-order chi connectivity index (χ1) is 14.4. The number of nitrogens with one attached hydrogen (secondary N) is 2. The smallest absolute Gasteiger partial charge is 0.275 e. The molecule has 0 saturated carbocycles. The van der Waals surface area contributed by atoms with E-state index in [0.717, 1.165) is 21.4 Å². The second-order valence-corrected chi connectivity index (χ2v) is 7.00. The number of amides is 3. The van der Waals surface area contributed by atoms with Crippen LogP contribution >= 0.6 is 0 Å². The van der Waals surface area contributed by atoms with Crippen LogP contribution in [0.3, 0.4) is 0 Å². The molecule has 0 spiro atoms. The van der Waals surface area contributed by atoms with Gasteiger partial charge in [-0.1, -0.05) is 42.5 Å². The van der Waals surface area contributed by atoms with E-state index in [9.17, 15) is 14.4 Å². The van der Waals surface area contributed by atoms with Crippen LogP contribution in [0.25, 0.3) is 21.9 Å². The molecule has 3 aromatic rings. The van der Waals surface area contributed by atoms with E-state index in [1.54, 1.807) is 12.1 Å². The second kappa shape index (κ2) is 8.75. The van der Waals surface area contributed by atoms with E-state index in [0.29, 0.717) is 5.56 Å². The summed E-state index contributed by atoms with van der Waals surface area (Å²) in [5.41, 5.74) is 4.90. The molecule has 3 N–H and O–H groups in total. The summed E-state index contributed by atoms with van der Waals surface area (Å²) in [6.45, 7) is 2.07. The van der Waals surface area contributed by atoms with Crippen LogP contribution in [0.1, 0.15) is 15.9 Å². The number of benzene rings is 3. The van der Waals surface area contributed by atoms with Gasteiger partial charge >= 0.3 is 0 Å². The molecular formula is C23H23N3O4. The van der Waals surface area contributed by atoms with Crippen LogP contribution in [0.15, 0.2) is 60.7 Å². The first-order valence-electron chi connectivity index (χ1n) is 9.40. The molecule has 0 aromatic heterocycles. The average molecular weight is 405 g/mol. The number of carbonyl (C=O) groups is 3. The molecule has 30 heavy (non-hydrogen) atoms. The number of aryl methyl sites for hydroxylation is 1. The van der Waals surface area contributed by atoms with Crippen molar-refractivity contribution in [2.24, 2.45) is 0 Å². The van der Waals surface area contributed by atoms with Gasteiger partial charge < -0.3 is 10.2 Å². The molecule has 1 atom stereocenters. The minimum atomic E-state index is -1.49. The van der Waals surface area contributed by atoms with Gasteiger partial charge in [0, 0.05) is 19.7 Å². The molecule has 7 nitrogen and oxygen atoms in total. The van der Waals surface area contributed by atoms with E-state index in [1.807, 2.05) is 24.3 Å². The summed E-state index contributed by atoms with van der Waals surface area (Å²) in [5.74, 6) is -2.22. The molecule has 1 unspecified atom stereocenters. The van der Waals surface area contributed by atoms with Crippen molar-refractivity contribution in [2.75, 3.05) is 14.1 Å². The van der Waals surface area contributed by atoms with Gasteiger partial charge in [-0.25, -0.2) is 5.48 Å². The van der Waals surface area contributed by atoms with Crippen molar-refractivity contribution in [3.63, 3.8) is 0 Å². The standard InChI is InChI=1S/C23H23N3O4/c1-14-5-4-6-18-13-17(11-12-19(14)18)15-7-9-16(10-8-15)23(29)26(3)20(21(27)24-2)22(28)25-30/h4-13,20,30H,1-3H3,(H,24,27)(H,25,28). The number of hydroxylamine groups is 1. The number of rotatable bonds is 5. The van der Waals surface area contributed by atoms with E-state index < -0.39 is 23.8 Å². The van der Waals surface area contributed by atoms with Gasteiger partial charge in [-0.2, -0.15) is 0 Å². The number of nitrogens with zero attached hydrogens (tertiary/aromatic N) is 1. The zero-order valence-corrected chi connectivity index (χ0v) is 17.0.